The first-order valence-electron chi connectivity index (χ1n) is 3.79. The van der Waals surface area contributed by atoms with Crippen LogP contribution in [0.1, 0.15) is 18.7 Å². The standard InChI is InChI=1S/C9H11NOS/c1-7(2)8(5-11)3-9-4-10-6-12-9/h3-7H,1-2H3. The minimum atomic E-state index is 0.282. The largest absolute Gasteiger partial charge is 0.298 e. The summed E-state index contributed by atoms with van der Waals surface area (Å²) in [6, 6.07) is 0. The average molecular weight is 181 g/mol. The normalized spacial score (nSPS) is 12.1. The van der Waals surface area contributed by atoms with Gasteiger partial charge in [0.05, 0.1) is 5.51 Å². The van der Waals surface area contributed by atoms with E-state index in [-0.39, 0.29) is 5.92 Å². The van der Waals surface area contributed by atoms with Gasteiger partial charge in [0.1, 0.15) is 6.29 Å². The molecule has 64 valence electrons. The molecule has 2 nitrogen and oxygen atoms in total. The van der Waals surface area contributed by atoms with E-state index in [0.717, 1.165) is 16.7 Å². The average Bonchev–Trinajstić information content (AvgIpc) is 2.51. The molecule has 0 atom stereocenters. The number of carbonyl (C=O) groups excluding carboxylic acids is 1. The molecule has 1 aromatic rings. The Morgan fingerprint density at radius 2 is 2.42 bits per heavy atom. The van der Waals surface area contributed by atoms with E-state index in [0.29, 0.717) is 0 Å². The molecule has 1 heterocycles. The monoisotopic (exact) mass is 181 g/mol. The molecule has 1 aromatic heterocycles. The van der Waals surface area contributed by atoms with E-state index in [9.17, 15) is 4.79 Å². The number of hydrogen-bond acceptors (Lipinski definition) is 3. The van der Waals surface area contributed by atoms with Gasteiger partial charge < -0.3 is 0 Å². The fourth-order valence-electron chi connectivity index (χ4n) is 0.798. The van der Waals surface area contributed by atoms with Crippen LogP contribution < -0.4 is 0 Å². The molecule has 0 aromatic carbocycles. The second-order valence-corrected chi connectivity index (χ2v) is 3.74. The van der Waals surface area contributed by atoms with Crippen LogP contribution in [0.25, 0.3) is 6.08 Å². The molecule has 0 spiro atoms. The molecular formula is C9H11NOS. The molecule has 0 fully saturated rings. The van der Waals surface area contributed by atoms with Crippen molar-refractivity contribution < 1.29 is 4.79 Å². The third kappa shape index (κ3) is 2.27. The van der Waals surface area contributed by atoms with Crippen molar-refractivity contribution in [2.24, 2.45) is 5.92 Å². The lowest BCUT2D eigenvalue weighted by atomic mass is 10.0. The Balaban J connectivity index is 2.85. The van der Waals surface area contributed by atoms with Gasteiger partial charge in [-0.3, -0.25) is 9.78 Å². The summed E-state index contributed by atoms with van der Waals surface area (Å²) in [6.07, 6.45) is 4.55. The van der Waals surface area contributed by atoms with Crippen molar-refractivity contribution in [2.45, 2.75) is 13.8 Å². The minimum Gasteiger partial charge on any atom is -0.298 e. The maximum absolute atomic E-state index is 10.6. The molecule has 0 saturated carbocycles. The molecule has 0 unspecified atom stereocenters. The first-order chi connectivity index (χ1) is 5.74. The van der Waals surface area contributed by atoms with Gasteiger partial charge in [-0.25, -0.2) is 0 Å². The Kier molecular flexibility index (Phi) is 3.17. The van der Waals surface area contributed by atoms with Crippen LogP contribution in [0.2, 0.25) is 0 Å². The predicted octanol–water partition coefficient (Wildman–Crippen LogP) is 2.38. The van der Waals surface area contributed by atoms with Gasteiger partial charge >= 0.3 is 0 Å². The third-order valence-corrected chi connectivity index (χ3v) is 2.29. The molecule has 0 bridgehead atoms. The molecule has 0 aliphatic heterocycles. The highest BCUT2D eigenvalue weighted by atomic mass is 32.1. The fraction of sp³-hybridized carbons (Fsp3) is 0.333. The summed E-state index contributed by atoms with van der Waals surface area (Å²) in [4.78, 5) is 15.5. The summed E-state index contributed by atoms with van der Waals surface area (Å²) in [5.74, 6) is 0.282. The van der Waals surface area contributed by atoms with Gasteiger partial charge in [-0.05, 0) is 17.6 Å². The molecule has 0 radical (unpaired) electrons. The van der Waals surface area contributed by atoms with Crippen LogP contribution in [0.15, 0.2) is 17.3 Å². The Morgan fingerprint density at radius 3 is 2.83 bits per heavy atom. The van der Waals surface area contributed by atoms with Crippen molar-refractivity contribution >= 4 is 23.7 Å². The van der Waals surface area contributed by atoms with Gasteiger partial charge in [-0.15, -0.1) is 11.3 Å². The van der Waals surface area contributed by atoms with Gasteiger partial charge in [-0.1, -0.05) is 13.8 Å². The summed E-state index contributed by atoms with van der Waals surface area (Å²) in [7, 11) is 0. The van der Waals surface area contributed by atoms with Crippen LogP contribution in [0.5, 0.6) is 0 Å². The zero-order valence-electron chi connectivity index (χ0n) is 7.15. The van der Waals surface area contributed by atoms with Crippen molar-refractivity contribution in [3.05, 3.63) is 22.2 Å². The number of carbonyl (C=O) groups is 1. The van der Waals surface area contributed by atoms with Gasteiger partial charge in [-0.2, -0.15) is 0 Å². The molecule has 12 heavy (non-hydrogen) atoms. The van der Waals surface area contributed by atoms with Crippen LogP contribution in [0.4, 0.5) is 0 Å². The smallest absolute Gasteiger partial charge is 0.146 e. The molecule has 0 saturated heterocycles. The first-order valence-corrected chi connectivity index (χ1v) is 4.67. The van der Waals surface area contributed by atoms with E-state index in [2.05, 4.69) is 4.98 Å². The summed E-state index contributed by atoms with van der Waals surface area (Å²) in [5, 5.41) is 0. The van der Waals surface area contributed by atoms with Gasteiger partial charge in [0, 0.05) is 11.1 Å². The summed E-state index contributed by atoms with van der Waals surface area (Å²) >= 11 is 1.54. The number of rotatable bonds is 3. The van der Waals surface area contributed by atoms with E-state index in [4.69, 9.17) is 0 Å². The lowest BCUT2D eigenvalue weighted by molar-refractivity contribution is -0.105. The fourth-order valence-corrected chi connectivity index (χ4v) is 1.37. The molecule has 1 rings (SSSR count). The van der Waals surface area contributed by atoms with E-state index in [1.807, 2.05) is 19.9 Å². The molecule has 3 heteroatoms. The highest BCUT2D eigenvalue weighted by Crippen LogP contribution is 2.15. The number of hydrogen-bond donors (Lipinski definition) is 0. The summed E-state index contributed by atoms with van der Waals surface area (Å²) < 4.78 is 0. The highest BCUT2D eigenvalue weighted by Gasteiger charge is 2.01. The number of allylic oxidation sites excluding steroid dienone is 1. The van der Waals surface area contributed by atoms with E-state index >= 15 is 0 Å². The Hall–Kier alpha value is -0.960. The van der Waals surface area contributed by atoms with Crippen LogP contribution in [0, 0.1) is 5.92 Å². The van der Waals surface area contributed by atoms with E-state index < -0.39 is 0 Å². The maximum Gasteiger partial charge on any atom is 0.146 e. The van der Waals surface area contributed by atoms with Gasteiger partial charge in [0.25, 0.3) is 0 Å². The SMILES string of the molecule is CC(C)C(C=O)=Cc1cncs1. The van der Waals surface area contributed by atoms with Crippen LogP contribution in [-0.2, 0) is 4.79 Å². The van der Waals surface area contributed by atoms with Gasteiger partial charge in [0.2, 0.25) is 0 Å². The molecule has 0 amide bonds. The Labute approximate surface area is 76.0 Å². The quantitative estimate of drug-likeness (QED) is 0.529. The van der Waals surface area contributed by atoms with Crippen molar-refractivity contribution in [1.82, 2.24) is 4.98 Å². The molecular weight excluding hydrogens is 170 g/mol. The number of nitrogens with zero attached hydrogens (tertiary/aromatic N) is 1. The predicted molar refractivity (Wildman–Crippen MR) is 51.0 cm³/mol. The highest BCUT2D eigenvalue weighted by molar-refractivity contribution is 7.10. The van der Waals surface area contributed by atoms with Crippen molar-refractivity contribution in [2.75, 3.05) is 0 Å². The number of aldehydes is 1. The van der Waals surface area contributed by atoms with Gasteiger partial charge in [0.15, 0.2) is 0 Å². The number of thiazole rings is 1. The van der Waals surface area contributed by atoms with Crippen molar-refractivity contribution in [3.63, 3.8) is 0 Å². The zero-order valence-corrected chi connectivity index (χ0v) is 7.97. The van der Waals surface area contributed by atoms with Crippen LogP contribution in [-0.4, -0.2) is 11.3 Å². The summed E-state index contributed by atoms with van der Waals surface area (Å²) in [6.45, 7) is 4.00. The third-order valence-electron chi connectivity index (χ3n) is 1.56. The van der Waals surface area contributed by atoms with Crippen molar-refractivity contribution in [3.8, 4) is 0 Å². The second-order valence-electron chi connectivity index (χ2n) is 2.82. The van der Waals surface area contributed by atoms with Crippen LogP contribution in [0.3, 0.4) is 0 Å². The molecule has 0 aliphatic rings. The Bertz CT molecular complexity index is 275. The summed E-state index contributed by atoms with van der Waals surface area (Å²) in [5.41, 5.74) is 2.58. The topological polar surface area (TPSA) is 30.0 Å². The minimum absolute atomic E-state index is 0.282. The van der Waals surface area contributed by atoms with E-state index in [1.165, 1.54) is 11.3 Å². The first kappa shape index (κ1) is 9.13. The zero-order chi connectivity index (χ0) is 8.97. The molecule has 0 aliphatic carbocycles. The lowest BCUT2D eigenvalue weighted by Gasteiger charge is -2.00. The Morgan fingerprint density at radius 1 is 1.67 bits per heavy atom. The lowest BCUT2D eigenvalue weighted by Crippen LogP contribution is -1.93. The van der Waals surface area contributed by atoms with Crippen LogP contribution >= 0.6 is 11.3 Å². The maximum atomic E-state index is 10.6. The van der Waals surface area contributed by atoms with Crippen molar-refractivity contribution in [1.29, 1.82) is 0 Å². The second kappa shape index (κ2) is 4.16. The molecule has 0 N–H and O–H groups in total. The number of aromatic nitrogens is 1. The van der Waals surface area contributed by atoms with E-state index in [1.54, 1.807) is 11.7 Å².